The summed E-state index contributed by atoms with van der Waals surface area (Å²) >= 11 is 0. The number of halogens is 2. The van der Waals surface area contributed by atoms with E-state index in [1.807, 2.05) is 0 Å². The Morgan fingerprint density at radius 1 is 1.08 bits per heavy atom. The van der Waals surface area contributed by atoms with Crippen molar-refractivity contribution in [2.45, 2.75) is 25.7 Å². The maximum Gasteiger partial charge on any atom is 0.311 e. The highest BCUT2D eigenvalue weighted by atomic mass is 19.2. The van der Waals surface area contributed by atoms with Gasteiger partial charge in [-0.1, -0.05) is 6.07 Å². The molecule has 2 aromatic carbocycles. The Bertz CT molecular complexity index is 790. The molecule has 25 heavy (non-hydrogen) atoms. The topological polar surface area (TPSA) is 46.6 Å². The van der Waals surface area contributed by atoms with Crippen molar-refractivity contribution < 1.29 is 23.1 Å². The third-order valence-corrected chi connectivity index (χ3v) is 4.06. The van der Waals surface area contributed by atoms with Crippen molar-refractivity contribution in [3.63, 3.8) is 0 Å². The first kappa shape index (κ1) is 17.1. The van der Waals surface area contributed by atoms with Crippen LogP contribution < -0.4 is 9.64 Å². The van der Waals surface area contributed by atoms with Gasteiger partial charge in [-0.15, -0.1) is 0 Å². The highest BCUT2D eigenvalue weighted by molar-refractivity contribution is 5.95. The van der Waals surface area contributed by atoms with Crippen molar-refractivity contribution in [3.05, 3.63) is 59.7 Å². The van der Waals surface area contributed by atoms with Crippen LogP contribution in [0.5, 0.6) is 5.75 Å². The highest BCUT2D eigenvalue weighted by Gasteiger charge is 2.21. The van der Waals surface area contributed by atoms with E-state index < -0.39 is 17.6 Å². The first-order chi connectivity index (χ1) is 12.0. The second kappa shape index (κ2) is 7.42. The van der Waals surface area contributed by atoms with Gasteiger partial charge in [0.25, 0.3) is 0 Å². The molecule has 0 radical (unpaired) electrons. The van der Waals surface area contributed by atoms with E-state index >= 15 is 0 Å². The van der Waals surface area contributed by atoms with Crippen molar-refractivity contribution in [2.75, 3.05) is 11.4 Å². The molecule has 0 atom stereocenters. The second-order valence-electron chi connectivity index (χ2n) is 5.87. The van der Waals surface area contributed by atoms with E-state index in [2.05, 4.69) is 0 Å². The number of hydrogen-bond donors (Lipinski definition) is 0. The van der Waals surface area contributed by atoms with Gasteiger partial charge in [-0.05, 0) is 54.8 Å². The normalized spacial score (nSPS) is 14.0. The van der Waals surface area contributed by atoms with Crippen LogP contribution in [0.1, 0.15) is 24.8 Å². The monoisotopic (exact) mass is 345 g/mol. The van der Waals surface area contributed by atoms with Gasteiger partial charge in [0.1, 0.15) is 5.75 Å². The predicted octanol–water partition coefficient (Wildman–Crippen LogP) is 3.63. The van der Waals surface area contributed by atoms with E-state index in [0.717, 1.165) is 24.2 Å². The summed E-state index contributed by atoms with van der Waals surface area (Å²) in [7, 11) is 0. The maximum atomic E-state index is 13.1. The Labute approximate surface area is 144 Å². The number of rotatable bonds is 5. The van der Waals surface area contributed by atoms with E-state index in [4.69, 9.17) is 4.74 Å². The second-order valence-corrected chi connectivity index (χ2v) is 5.87. The Morgan fingerprint density at radius 2 is 1.84 bits per heavy atom. The minimum absolute atomic E-state index is 0.0530. The molecule has 2 aromatic rings. The van der Waals surface area contributed by atoms with E-state index in [9.17, 15) is 18.4 Å². The summed E-state index contributed by atoms with van der Waals surface area (Å²) in [5.41, 5.74) is 1.31. The van der Waals surface area contributed by atoms with Gasteiger partial charge in [-0.3, -0.25) is 9.59 Å². The number of nitrogens with zero attached hydrogens (tertiary/aromatic N) is 1. The molecule has 6 heteroatoms. The van der Waals surface area contributed by atoms with Gasteiger partial charge in [0.05, 0.1) is 0 Å². The number of amides is 1. The quantitative estimate of drug-likeness (QED) is 0.614. The van der Waals surface area contributed by atoms with Crippen molar-refractivity contribution in [2.24, 2.45) is 0 Å². The van der Waals surface area contributed by atoms with Crippen LogP contribution in [0.2, 0.25) is 0 Å². The molecule has 0 bridgehead atoms. The molecule has 1 heterocycles. The van der Waals surface area contributed by atoms with Crippen LogP contribution in [0.4, 0.5) is 14.5 Å². The van der Waals surface area contributed by atoms with Crippen LogP contribution >= 0.6 is 0 Å². The molecule has 0 aliphatic carbocycles. The molecular formula is C19H17F2NO3. The fraction of sp³-hybridized carbons (Fsp3) is 0.263. The molecule has 1 aliphatic heterocycles. The van der Waals surface area contributed by atoms with Gasteiger partial charge in [0.15, 0.2) is 11.6 Å². The lowest BCUT2D eigenvalue weighted by atomic mass is 10.1. The lowest BCUT2D eigenvalue weighted by Crippen LogP contribution is -2.23. The van der Waals surface area contributed by atoms with Crippen molar-refractivity contribution in [3.8, 4) is 5.75 Å². The van der Waals surface area contributed by atoms with E-state index in [1.54, 1.807) is 29.2 Å². The molecule has 0 spiro atoms. The largest absolute Gasteiger partial charge is 0.427 e. The van der Waals surface area contributed by atoms with Gasteiger partial charge in [-0.2, -0.15) is 0 Å². The van der Waals surface area contributed by atoms with Crippen LogP contribution in [0.3, 0.4) is 0 Å². The Kier molecular flexibility index (Phi) is 5.07. The molecule has 130 valence electrons. The number of esters is 1. The fourth-order valence-electron chi connectivity index (χ4n) is 2.74. The number of benzene rings is 2. The summed E-state index contributed by atoms with van der Waals surface area (Å²) in [5.74, 6) is -1.84. The van der Waals surface area contributed by atoms with Gasteiger partial charge < -0.3 is 9.64 Å². The third-order valence-electron chi connectivity index (χ3n) is 4.06. The van der Waals surface area contributed by atoms with E-state index in [-0.39, 0.29) is 18.7 Å². The standard InChI is InChI=1S/C19H17F2NO3/c20-16-9-3-13(12-17(16)21)4-10-19(24)25-15-7-5-14(6-8-15)22-11-1-2-18(22)23/h3,5-9,12H,1-2,4,10-11H2. The molecule has 0 unspecified atom stereocenters. The van der Waals surface area contributed by atoms with Gasteiger partial charge in [0.2, 0.25) is 5.91 Å². The molecule has 0 saturated carbocycles. The number of hydrogen-bond acceptors (Lipinski definition) is 3. The molecule has 3 rings (SSSR count). The molecule has 1 saturated heterocycles. The van der Waals surface area contributed by atoms with Crippen molar-refractivity contribution >= 4 is 17.6 Å². The smallest absolute Gasteiger partial charge is 0.311 e. The van der Waals surface area contributed by atoms with Crippen molar-refractivity contribution in [1.82, 2.24) is 0 Å². The lowest BCUT2D eigenvalue weighted by Gasteiger charge is -2.15. The Balaban J connectivity index is 1.54. The summed E-state index contributed by atoms with van der Waals surface area (Å²) in [5, 5.41) is 0. The zero-order valence-corrected chi connectivity index (χ0v) is 13.5. The maximum absolute atomic E-state index is 13.1. The Hall–Kier alpha value is -2.76. The zero-order valence-electron chi connectivity index (χ0n) is 13.5. The fourth-order valence-corrected chi connectivity index (χ4v) is 2.74. The average Bonchev–Trinajstić information content (AvgIpc) is 3.03. The van der Waals surface area contributed by atoms with Crippen LogP contribution in [-0.4, -0.2) is 18.4 Å². The minimum atomic E-state index is -0.932. The number of aryl methyl sites for hydroxylation is 1. The summed E-state index contributed by atoms with van der Waals surface area (Å²) in [4.78, 5) is 25.3. The minimum Gasteiger partial charge on any atom is -0.427 e. The van der Waals surface area contributed by atoms with Gasteiger partial charge in [-0.25, -0.2) is 8.78 Å². The number of carbonyl (C=O) groups is 2. The molecular weight excluding hydrogens is 328 g/mol. The van der Waals surface area contributed by atoms with Gasteiger partial charge in [0, 0.05) is 25.1 Å². The summed E-state index contributed by atoms with van der Waals surface area (Å²) in [6.07, 6.45) is 1.72. The molecule has 0 aromatic heterocycles. The predicted molar refractivity (Wildman–Crippen MR) is 88.3 cm³/mol. The number of carbonyl (C=O) groups excluding carboxylic acids is 2. The first-order valence-electron chi connectivity index (χ1n) is 8.08. The summed E-state index contributed by atoms with van der Waals surface area (Å²) in [6.45, 7) is 0.701. The molecule has 4 nitrogen and oxygen atoms in total. The average molecular weight is 345 g/mol. The van der Waals surface area contributed by atoms with Crippen LogP contribution in [0.25, 0.3) is 0 Å². The third kappa shape index (κ3) is 4.21. The van der Waals surface area contributed by atoms with E-state index in [1.165, 1.54) is 6.07 Å². The van der Waals surface area contributed by atoms with E-state index in [0.29, 0.717) is 24.3 Å². The SMILES string of the molecule is O=C(CCc1ccc(F)c(F)c1)Oc1ccc(N2CCCC2=O)cc1. The molecule has 1 amide bonds. The molecule has 1 aliphatic rings. The zero-order chi connectivity index (χ0) is 17.8. The summed E-state index contributed by atoms with van der Waals surface area (Å²) < 4.78 is 31.2. The van der Waals surface area contributed by atoms with Crippen LogP contribution in [-0.2, 0) is 16.0 Å². The van der Waals surface area contributed by atoms with Crippen molar-refractivity contribution in [1.29, 1.82) is 0 Å². The lowest BCUT2D eigenvalue weighted by molar-refractivity contribution is -0.134. The molecule has 0 N–H and O–H groups in total. The summed E-state index contributed by atoms with van der Waals surface area (Å²) in [6, 6.07) is 10.3. The van der Waals surface area contributed by atoms with Crippen LogP contribution in [0, 0.1) is 11.6 Å². The first-order valence-corrected chi connectivity index (χ1v) is 8.08. The van der Waals surface area contributed by atoms with Crippen LogP contribution in [0.15, 0.2) is 42.5 Å². The molecule has 1 fully saturated rings. The highest BCUT2D eigenvalue weighted by Crippen LogP contribution is 2.24. The number of ether oxygens (including phenoxy) is 1. The number of anilines is 1. The Morgan fingerprint density at radius 3 is 2.48 bits per heavy atom. The van der Waals surface area contributed by atoms with Gasteiger partial charge >= 0.3 is 5.97 Å².